The summed E-state index contributed by atoms with van der Waals surface area (Å²) in [5.74, 6) is 0.839. The van der Waals surface area contributed by atoms with E-state index in [1.807, 2.05) is 12.1 Å². The number of aromatic nitrogens is 3. The SMILES string of the molecule is c1ccc(-c2cccc(-c3nc4ccccc4nc3-n3c4ccc5cccc6c5c4c4c5c(ccc7cccc-6c75)ccc43)c2)cc1. The zero-order valence-corrected chi connectivity index (χ0v) is 25.3. The Kier molecular flexibility index (Phi) is 4.84. The lowest BCUT2D eigenvalue weighted by Gasteiger charge is -2.16. The first-order chi connectivity index (χ1) is 23.3. The molecule has 0 unspecified atom stereocenters. The Balaban J connectivity index is 1.34. The van der Waals surface area contributed by atoms with Gasteiger partial charge in [0.25, 0.3) is 0 Å². The van der Waals surface area contributed by atoms with Crippen molar-refractivity contribution in [2.24, 2.45) is 0 Å². The van der Waals surface area contributed by atoms with Crippen LogP contribution in [0.1, 0.15) is 0 Å². The van der Waals surface area contributed by atoms with E-state index in [1.165, 1.54) is 59.8 Å². The van der Waals surface area contributed by atoms with Crippen LogP contribution in [0, 0.1) is 0 Å². The maximum Gasteiger partial charge on any atom is 0.165 e. The molecular weight excluding hydrogens is 571 g/mol. The summed E-state index contributed by atoms with van der Waals surface area (Å²) in [5.41, 5.74) is 10.9. The molecule has 0 radical (unpaired) electrons. The van der Waals surface area contributed by atoms with Gasteiger partial charge in [-0.05, 0) is 79.5 Å². The minimum Gasteiger partial charge on any atom is -0.292 e. The molecule has 47 heavy (non-hydrogen) atoms. The van der Waals surface area contributed by atoms with Gasteiger partial charge in [-0.1, -0.05) is 121 Å². The zero-order valence-electron chi connectivity index (χ0n) is 25.3. The highest BCUT2D eigenvalue weighted by atomic mass is 15.1. The predicted molar refractivity (Wildman–Crippen MR) is 196 cm³/mol. The van der Waals surface area contributed by atoms with Crippen LogP contribution < -0.4 is 0 Å². The highest BCUT2D eigenvalue weighted by Gasteiger charge is 2.26. The third-order valence-electron chi connectivity index (χ3n) is 10.1. The Hall–Kier alpha value is -6.32. The van der Waals surface area contributed by atoms with E-state index >= 15 is 0 Å². The molecule has 2 aromatic heterocycles. The van der Waals surface area contributed by atoms with Crippen LogP contribution in [0.15, 0.2) is 152 Å². The average molecular weight is 596 g/mol. The van der Waals surface area contributed by atoms with Crippen molar-refractivity contribution >= 4 is 65.2 Å². The molecule has 0 fully saturated rings. The number of hydrogen-bond acceptors (Lipinski definition) is 2. The van der Waals surface area contributed by atoms with Crippen LogP contribution in [0.5, 0.6) is 0 Å². The van der Waals surface area contributed by atoms with Crippen molar-refractivity contribution in [1.82, 2.24) is 14.5 Å². The fourth-order valence-electron chi connectivity index (χ4n) is 8.05. The molecule has 0 N–H and O–H groups in total. The Labute approximate surface area is 270 Å². The van der Waals surface area contributed by atoms with Crippen molar-refractivity contribution < 1.29 is 0 Å². The summed E-state index contributed by atoms with van der Waals surface area (Å²) in [6.45, 7) is 0. The number of fused-ring (bicyclic) bond motifs is 2. The highest BCUT2D eigenvalue weighted by molar-refractivity contribution is 6.38. The highest BCUT2D eigenvalue weighted by Crippen LogP contribution is 2.50. The molecule has 2 heterocycles. The lowest BCUT2D eigenvalue weighted by molar-refractivity contribution is 1.08. The summed E-state index contributed by atoms with van der Waals surface area (Å²) >= 11 is 0. The van der Waals surface area contributed by atoms with Gasteiger partial charge in [0.15, 0.2) is 5.82 Å². The normalized spacial score (nSPS) is 12.3. The molecular formula is C44H25N3. The first-order valence-corrected chi connectivity index (χ1v) is 16.1. The molecule has 216 valence electrons. The second-order valence-corrected chi connectivity index (χ2v) is 12.6. The van der Waals surface area contributed by atoms with Gasteiger partial charge in [0.2, 0.25) is 0 Å². The van der Waals surface area contributed by atoms with Crippen molar-refractivity contribution in [1.29, 1.82) is 0 Å². The third-order valence-corrected chi connectivity index (χ3v) is 10.1. The van der Waals surface area contributed by atoms with E-state index in [0.717, 1.165) is 44.7 Å². The van der Waals surface area contributed by atoms with Crippen LogP contribution in [0.3, 0.4) is 0 Å². The van der Waals surface area contributed by atoms with Crippen LogP contribution in [-0.4, -0.2) is 14.5 Å². The van der Waals surface area contributed by atoms with Gasteiger partial charge in [0.1, 0.15) is 5.69 Å². The summed E-state index contributed by atoms with van der Waals surface area (Å²) in [6, 6.07) is 54.6. The van der Waals surface area contributed by atoms with Gasteiger partial charge in [-0.3, -0.25) is 4.57 Å². The molecule has 1 aliphatic carbocycles. The molecule has 11 rings (SSSR count). The topological polar surface area (TPSA) is 30.7 Å². The minimum atomic E-state index is 0.839. The molecule has 0 saturated carbocycles. The molecule has 8 aromatic carbocycles. The van der Waals surface area contributed by atoms with Crippen molar-refractivity contribution in [2.45, 2.75) is 0 Å². The van der Waals surface area contributed by atoms with E-state index in [0.29, 0.717) is 0 Å². The molecule has 0 amide bonds. The van der Waals surface area contributed by atoms with Crippen molar-refractivity contribution in [3.8, 4) is 39.3 Å². The Morgan fingerprint density at radius 2 is 0.894 bits per heavy atom. The fourth-order valence-corrected chi connectivity index (χ4v) is 8.05. The Morgan fingerprint density at radius 3 is 1.62 bits per heavy atom. The van der Waals surface area contributed by atoms with Gasteiger partial charge < -0.3 is 0 Å². The van der Waals surface area contributed by atoms with E-state index in [-0.39, 0.29) is 0 Å². The second kappa shape index (κ2) is 9.12. The number of rotatable bonds is 3. The standard InChI is InChI=1S/C44H25N3/c1-2-9-26(10-3-1)30-13-6-14-31(25-30)43-44(46-35-18-5-4-17-34(35)45-43)47-36-23-21-28-12-8-16-33-32-15-7-11-27-19-20-29-22-24-37(47)42(40(29)38(27)32)41(36)39(28)33/h1-25H. The van der Waals surface area contributed by atoms with E-state index in [9.17, 15) is 0 Å². The minimum absolute atomic E-state index is 0.839. The monoisotopic (exact) mass is 595 g/mol. The van der Waals surface area contributed by atoms with E-state index in [2.05, 4.69) is 144 Å². The van der Waals surface area contributed by atoms with Gasteiger partial charge in [-0.2, -0.15) is 0 Å². The van der Waals surface area contributed by atoms with Crippen LogP contribution in [0.2, 0.25) is 0 Å². The second-order valence-electron chi connectivity index (χ2n) is 12.6. The summed E-state index contributed by atoms with van der Waals surface area (Å²) in [6.07, 6.45) is 0. The Bertz CT molecular complexity index is 2950. The molecule has 3 heteroatoms. The van der Waals surface area contributed by atoms with Crippen LogP contribution in [-0.2, 0) is 0 Å². The predicted octanol–water partition coefficient (Wildman–Crippen LogP) is 11.5. The first-order valence-electron chi connectivity index (χ1n) is 16.1. The molecule has 0 saturated heterocycles. The molecule has 1 aliphatic rings. The van der Waals surface area contributed by atoms with Gasteiger partial charge in [-0.25, -0.2) is 9.97 Å². The van der Waals surface area contributed by atoms with Gasteiger partial charge >= 0.3 is 0 Å². The van der Waals surface area contributed by atoms with Crippen LogP contribution >= 0.6 is 0 Å². The maximum absolute atomic E-state index is 5.43. The third kappa shape index (κ3) is 3.35. The number of para-hydroxylation sites is 2. The summed E-state index contributed by atoms with van der Waals surface area (Å²) in [5, 5.41) is 10.2. The fraction of sp³-hybridized carbons (Fsp3) is 0. The molecule has 0 spiro atoms. The smallest absolute Gasteiger partial charge is 0.165 e. The van der Waals surface area contributed by atoms with Gasteiger partial charge in [-0.15, -0.1) is 0 Å². The average Bonchev–Trinajstić information content (AvgIpc) is 3.41. The van der Waals surface area contributed by atoms with Crippen LogP contribution in [0.4, 0.5) is 0 Å². The lowest BCUT2D eigenvalue weighted by Crippen LogP contribution is -2.04. The lowest BCUT2D eigenvalue weighted by atomic mass is 9.93. The largest absolute Gasteiger partial charge is 0.292 e. The molecule has 0 atom stereocenters. The van der Waals surface area contributed by atoms with Crippen molar-refractivity contribution in [2.75, 3.05) is 0 Å². The molecule has 0 bridgehead atoms. The summed E-state index contributed by atoms with van der Waals surface area (Å²) in [7, 11) is 0. The molecule has 10 aromatic rings. The number of nitrogens with zero attached hydrogens (tertiary/aromatic N) is 3. The Morgan fingerprint density at radius 1 is 0.362 bits per heavy atom. The summed E-state index contributed by atoms with van der Waals surface area (Å²) < 4.78 is 2.37. The number of benzene rings is 8. The van der Waals surface area contributed by atoms with Crippen molar-refractivity contribution in [3.63, 3.8) is 0 Å². The maximum atomic E-state index is 5.43. The van der Waals surface area contributed by atoms with Gasteiger partial charge in [0, 0.05) is 21.7 Å². The van der Waals surface area contributed by atoms with E-state index in [4.69, 9.17) is 9.97 Å². The van der Waals surface area contributed by atoms with Crippen molar-refractivity contribution in [3.05, 3.63) is 152 Å². The quantitative estimate of drug-likeness (QED) is 0.190. The van der Waals surface area contributed by atoms with E-state index in [1.54, 1.807) is 0 Å². The summed E-state index contributed by atoms with van der Waals surface area (Å²) in [4.78, 5) is 10.8. The van der Waals surface area contributed by atoms with E-state index < -0.39 is 0 Å². The zero-order chi connectivity index (χ0) is 30.6. The first kappa shape index (κ1) is 24.9. The molecule has 3 nitrogen and oxygen atoms in total. The molecule has 0 aliphatic heterocycles. The van der Waals surface area contributed by atoms with Crippen LogP contribution in [0.25, 0.3) is 104 Å². The van der Waals surface area contributed by atoms with Gasteiger partial charge in [0.05, 0.1) is 22.1 Å². The number of hydrogen-bond donors (Lipinski definition) is 0.